The Morgan fingerprint density at radius 2 is 2.22 bits per heavy atom. The minimum Gasteiger partial charge on any atom is -0.370 e. The fraction of sp³-hybridized carbons (Fsp3) is 0.462. The number of anilines is 1. The van der Waals surface area contributed by atoms with E-state index in [4.69, 9.17) is 23.1 Å². The van der Waals surface area contributed by atoms with Crippen molar-refractivity contribution in [2.75, 3.05) is 18.0 Å². The molecule has 1 saturated heterocycles. The maximum Gasteiger partial charge on any atom is 0.248 e. The lowest BCUT2D eigenvalue weighted by Crippen LogP contribution is -2.46. The quantitative estimate of drug-likeness (QED) is 0.855. The summed E-state index contributed by atoms with van der Waals surface area (Å²) in [6.45, 7) is 3.92. The maximum absolute atomic E-state index is 11.1. The summed E-state index contributed by atoms with van der Waals surface area (Å²) in [4.78, 5) is 13.3. The van der Waals surface area contributed by atoms with Gasteiger partial charge in [0.15, 0.2) is 0 Å². The van der Waals surface area contributed by atoms with Crippen LogP contribution in [0, 0.1) is 5.92 Å². The Bertz CT molecular complexity index is 464. The molecule has 1 aliphatic rings. The van der Waals surface area contributed by atoms with Gasteiger partial charge in [-0.1, -0.05) is 18.5 Å². The molecule has 0 aliphatic carbocycles. The molecule has 2 atom stereocenters. The summed E-state index contributed by atoms with van der Waals surface area (Å²) >= 11 is 6.21. The van der Waals surface area contributed by atoms with Crippen LogP contribution < -0.4 is 16.4 Å². The van der Waals surface area contributed by atoms with Crippen molar-refractivity contribution in [2.45, 2.75) is 19.4 Å². The number of halogens is 1. The average molecular weight is 268 g/mol. The van der Waals surface area contributed by atoms with Crippen molar-refractivity contribution in [2.24, 2.45) is 17.4 Å². The molecule has 1 amide bonds. The Hall–Kier alpha value is -1.26. The lowest BCUT2D eigenvalue weighted by molar-refractivity contribution is 0.100. The van der Waals surface area contributed by atoms with E-state index in [-0.39, 0.29) is 6.04 Å². The van der Waals surface area contributed by atoms with E-state index in [2.05, 4.69) is 11.8 Å². The first-order valence-electron chi connectivity index (χ1n) is 6.09. The molecule has 4 nitrogen and oxygen atoms in total. The van der Waals surface area contributed by atoms with Gasteiger partial charge in [0.05, 0.1) is 10.7 Å². The van der Waals surface area contributed by atoms with E-state index in [9.17, 15) is 4.79 Å². The highest BCUT2D eigenvalue weighted by Gasteiger charge is 2.24. The fourth-order valence-electron chi connectivity index (χ4n) is 2.30. The van der Waals surface area contributed by atoms with E-state index in [0.29, 0.717) is 16.5 Å². The number of piperidine rings is 1. The minimum atomic E-state index is -0.461. The Morgan fingerprint density at radius 3 is 2.78 bits per heavy atom. The SMILES string of the molecule is CC1CN(c2ccc(C(N)=O)cc2Cl)CCC1N. The van der Waals surface area contributed by atoms with Crippen LogP contribution in [0.5, 0.6) is 0 Å². The predicted octanol–water partition coefficient (Wildman–Crippen LogP) is 1.61. The molecule has 1 aliphatic heterocycles. The van der Waals surface area contributed by atoms with Gasteiger partial charge in [-0.25, -0.2) is 0 Å². The van der Waals surface area contributed by atoms with Gasteiger partial charge in [0.1, 0.15) is 0 Å². The third-order valence-electron chi connectivity index (χ3n) is 3.54. The third kappa shape index (κ3) is 2.60. The highest BCUT2D eigenvalue weighted by Crippen LogP contribution is 2.30. The summed E-state index contributed by atoms with van der Waals surface area (Å²) in [6, 6.07) is 5.44. The summed E-state index contributed by atoms with van der Waals surface area (Å²) in [6.07, 6.45) is 0.953. The highest BCUT2D eigenvalue weighted by molar-refractivity contribution is 6.33. The molecular formula is C13H18ClN3O. The number of benzene rings is 1. The standard InChI is InChI=1S/C13H18ClN3O/c1-8-7-17(5-4-11(8)15)12-3-2-9(13(16)18)6-10(12)14/h2-3,6,8,11H,4-5,7,15H2,1H3,(H2,16,18). The zero-order chi connectivity index (χ0) is 13.3. The molecule has 0 spiro atoms. The largest absolute Gasteiger partial charge is 0.370 e. The Balaban J connectivity index is 2.21. The van der Waals surface area contributed by atoms with Crippen LogP contribution in [-0.2, 0) is 0 Å². The van der Waals surface area contributed by atoms with Crippen LogP contribution in [0.1, 0.15) is 23.7 Å². The zero-order valence-electron chi connectivity index (χ0n) is 10.4. The van der Waals surface area contributed by atoms with Crippen LogP contribution >= 0.6 is 11.6 Å². The van der Waals surface area contributed by atoms with Crippen LogP contribution in [0.15, 0.2) is 18.2 Å². The van der Waals surface area contributed by atoms with Gasteiger partial charge < -0.3 is 16.4 Å². The van der Waals surface area contributed by atoms with Gasteiger partial charge >= 0.3 is 0 Å². The van der Waals surface area contributed by atoms with Crippen molar-refractivity contribution in [3.63, 3.8) is 0 Å². The van der Waals surface area contributed by atoms with E-state index in [0.717, 1.165) is 25.2 Å². The normalized spacial score (nSPS) is 24.1. The van der Waals surface area contributed by atoms with Gasteiger partial charge in [0.2, 0.25) is 5.91 Å². The van der Waals surface area contributed by atoms with Gasteiger partial charge in [-0.15, -0.1) is 0 Å². The van der Waals surface area contributed by atoms with Crippen molar-refractivity contribution < 1.29 is 4.79 Å². The number of nitrogens with two attached hydrogens (primary N) is 2. The van der Waals surface area contributed by atoms with Crippen molar-refractivity contribution in [3.05, 3.63) is 28.8 Å². The van der Waals surface area contributed by atoms with Crippen LogP contribution in [-0.4, -0.2) is 25.0 Å². The monoisotopic (exact) mass is 267 g/mol. The number of hydrogen-bond acceptors (Lipinski definition) is 3. The number of carbonyl (C=O) groups is 1. The van der Waals surface area contributed by atoms with Gasteiger partial charge in [-0.2, -0.15) is 0 Å². The summed E-state index contributed by atoms with van der Waals surface area (Å²) in [5.74, 6) is -0.0249. The van der Waals surface area contributed by atoms with Gasteiger partial charge in [-0.05, 0) is 30.5 Å². The molecular weight excluding hydrogens is 250 g/mol. The second-order valence-corrected chi connectivity index (χ2v) is 5.31. The van der Waals surface area contributed by atoms with Crippen LogP contribution in [0.2, 0.25) is 5.02 Å². The second kappa shape index (κ2) is 5.16. The number of primary amides is 1. The molecule has 2 rings (SSSR count). The van der Waals surface area contributed by atoms with E-state index in [1.165, 1.54) is 0 Å². The minimum absolute atomic E-state index is 0.255. The van der Waals surface area contributed by atoms with Crippen molar-refractivity contribution in [1.29, 1.82) is 0 Å². The first-order valence-corrected chi connectivity index (χ1v) is 6.46. The maximum atomic E-state index is 11.1. The molecule has 1 aromatic rings. The molecule has 1 fully saturated rings. The number of rotatable bonds is 2. The molecule has 2 unspecified atom stereocenters. The molecule has 18 heavy (non-hydrogen) atoms. The van der Waals surface area contributed by atoms with E-state index in [1.54, 1.807) is 12.1 Å². The molecule has 98 valence electrons. The fourth-order valence-corrected chi connectivity index (χ4v) is 2.60. The predicted molar refractivity (Wildman–Crippen MR) is 73.9 cm³/mol. The zero-order valence-corrected chi connectivity index (χ0v) is 11.2. The molecule has 4 N–H and O–H groups in total. The van der Waals surface area contributed by atoms with Crippen molar-refractivity contribution in [3.8, 4) is 0 Å². The van der Waals surface area contributed by atoms with Crippen molar-refractivity contribution >= 4 is 23.2 Å². The van der Waals surface area contributed by atoms with Gasteiger partial charge in [0.25, 0.3) is 0 Å². The molecule has 1 aromatic carbocycles. The number of hydrogen-bond donors (Lipinski definition) is 2. The lowest BCUT2D eigenvalue weighted by Gasteiger charge is -2.37. The average Bonchev–Trinajstić information content (AvgIpc) is 2.32. The molecule has 0 aromatic heterocycles. The topological polar surface area (TPSA) is 72.3 Å². The van der Waals surface area contributed by atoms with Gasteiger partial charge in [-0.3, -0.25) is 4.79 Å². The number of amides is 1. The molecule has 5 heteroatoms. The van der Waals surface area contributed by atoms with Crippen LogP contribution in [0.3, 0.4) is 0 Å². The van der Waals surface area contributed by atoms with Crippen LogP contribution in [0.4, 0.5) is 5.69 Å². The summed E-state index contributed by atoms with van der Waals surface area (Å²) in [5.41, 5.74) is 12.6. The number of carbonyl (C=O) groups excluding carboxylic acids is 1. The Kier molecular flexibility index (Phi) is 3.78. The molecule has 0 saturated carbocycles. The van der Waals surface area contributed by atoms with E-state index < -0.39 is 5.91 Å². The smallest absolute Gasteiger partial charge is 0.248 e. The van der Waals surface area contributed by atoms with Crippen LogP contribution in [0.25, 0.3) is 0 Å². The first-order chi connectivity index (χ1) is 8.49. The second-order valence-electron chi connectivity index (χ2n) is 4.91. The van der Waals surface area contributed by atoms with Gasteiger partial charge in [0, 0.05) is 24.7 Å². The third-order valence-corrected chi connectivity index (χ3v) is 3.85. The van der Waals surface area contributed by atoms with Crippen molar-refractivity contribution in [1.82, 2.24) is 0 Å². The molecule has 0 radical (unpaired) electrons. The summed E-state index contributed by atoms with van der Waals surface area (Å²) < 4.78 is 0. The van der Waals surface area contributed by atoms with E-state index >= 15 is 0 Å². The number of nitrogens with zero attached hydrogens (tertiary/aromatic N) is 1. The summed E-state index contributed by atoms with van der Waals surface area (Å²) in [5, 5.41) is 0.564. The molecule has 0 bridgehead atoms. The highest BCUT2D eigenvalue weighted by atomic mass is 35.5. The lowest BCUT2D eigenvalue weighted by atomic mass is 9.94. The molecule has 1 heterocycles. The Labute approximate surface area is 112 Å². The Morgan fingerprint density at radius 1 is 1.50 bits per heavy atom. The van der Waals surface area contributed by atoms with E-state index in [1.807, 2.05) is 6.07 Å². The first kappa shape index (κ1) is 13.2. The summed E-state index contributed by atoms with van der Waals surface area (Å²) in [7, 11) is 0.